The van der Waals surface area contributed by atoms with E-state index in [2.05, 4.69) is 10.4 Å². The molecule has 0 saturated heterocycles. The normalized spacial score (nSPS) is 11.7. The lowest BCUT2D eigenvalue weighted by Gasteiger charge is -2.09. The fourth-order valence-corrected chi connectivity index (χ4v) is 1.98. The van der Waals surface area contributed by atoms with E-state index in [1.54, 1.807) is 7.11 Å². The second-order valence-corrected chi connectivity index (χ2v) is 4.56. The van der Waals surface area contributed by atoms with E-state index in [9.17, 15) is 13.2 Å². The average molecular weight is 299 g/mol. The third-order valence-corrected chi connectivity index (χ3v) is 3.08. The van der Waals surface area contributed by atoms with Crippen LogP contribution in [0.15, 0.2) is 30.3 Å². The second kappa shape index (κ2) is 6.17. The van der Waals surface area contributed by atoms with Crippen LogP contribution in [-0.2, 0) is 26.3 Å². The summed E-state index contributed by atoms with van der Waals surface area (Å²) >= 11 is 0. The Kier molecular flexibility index (Phi) is 4.52. The van der Waals surface area contributed by atoms with E-state index in [1.807, 2.05) is 24.3 Å². The molecule has 0 spiro atoms. The van der Waals surface area contributed by atoms with Crippen molar-refractivity contribution in [2.24, 2.45) is 7.05 Å². The molecular formula is C14H16F3N3O. The maximum atomic E-state index is 12.6. The zero-order valence-electron chi connectivity index (χ0n) is 11.7. The molecule has 0 aliphatic heterocycles. The van der Waals surface area contributed by atoms with Crippen molar-refractivity contribution in [2.75, 3.05) is 7.11 Å². The highest BCUT2D eigenvalue weighted by Crippen LogP contribution is 2.28. The molecule has 7 heteroatoms. The van der Waals surface area contributed by atoms with E-state index in [0.29, 0.717) is 12.2 Å². The van der Waals surface area contributed by atoms with E-state index in [1.165, 1.54) is 11.7 Å². The van der Waals surface area contributed by atoms with E-state index in [-0.39, 0.29) is 6.54 Å². The predicted octanol–water partition coefficient (Wildman–Crippen LogP) is 2.74. The standard InChI is InChI=1S/C14H16F3N3O/c1-20-11(7-13(19-20)14(15,16)17)9-18-8-10-5-3-4-6-12(10)21-2/h3-7,18H,8-9H2,1-2H3. The first-order valence-electron chi connectivity index (χ1n) is 6.34. The molecule has 21 heavy (non-hydrogen) atoms. The van der Waals surface area contributed by atoms with Gasteiger partial charge in [-0.1, -0.05) is 18.2 Å². The summed E-state index contributed by atoms with van der Waals surface area (Å²) in [7, 11) is 3.07. The molecule has 1 aromatic heterocycles. The zero-order valence-corrected chi connectivity index (χ0v) is 11.7. The van der Waals surface area contributed by atoms with Gasteiger partial charge in [0.05, 0.1) is 12.8 Å². The molecule has 114 valence electrons. The number of para-hydroxylation sites is 1. The minimum Gasteiger partial charge on any atom is -0.496 e. The molecule has 0 unspecified atom stereocenters. The number of ether oxygens (including phenoxy) is 1. The van der Waals surface area contributed by atoms with Crippen molar-refractivity contribution < 1.29 is 17.9 Å². The molecule has 0 saturated carbocycles. The minimum absolute atomic E-state index is 0.289. The van der Waals surface area contributed by atoms with Crippen LogP contribution in [0, 0.1) is 0 Å². The monoisotopic (exact) mass is 299 g/mol. The van der Waals surface area contributed by atoms with Gasteiger partial charge < -0.3 is 10.1 Å². The predicted molar refractivity (Wildman–Crippen MR) is 71.7 cm³/mol. The van der Waals surface area contributed by atoms with Crippen LogP contribution in [0.2, 0.25) is 0 Å². The van der Waals surface area contributed by atoms with Crippen molar-refractivity contribution in [3.63, 3.8) is 0 Å². The van der Waals surface area contributed by atoms with Crippen LogP contribution in [0.25, 0.3) is 0 Å². The summed E-state index contributed by atoms with van der Waals surface area (Å²) in [6.45, 7) is 0.786. The van der Waals surface area contributed by atoms with Crippen molar-refractivity contribution in [3.8, 4) is 5.75 Å². The molecule has 0 radical (unpaired) electrons. The highest BCUT2D eigenvalue weighted by molar-refractivity contribution is 5.33. The number of hydrogen-bond donors (Lipinski definition) is 1. The fraction of sp³-hybridized carbons (Fsp3) is 0.357. The summed E-state index contributed by atoms with van der Waals surface area (Å²) in [5.41, 5.74) is 0.537. The highest BCUT2D eigenvalue weighted by Gasteiger charge is 2.34. The smallest absolute Gasteiger partial charge is 0.435 e. The number of aryl methyl sites for hydroxylation is 1. The van der Waals surface area contributed by atoms with Gasteiger partial charge >= 0.3 is 6.18 Å². The van der Waals surface area contributed by atoms with Gasteiger partial charge in [-0.2, -0.15) is 18.3 Å². The summed E-state index contributed by atoms with van der Waals surface area (Å²) < 4.78 is 44.1. The summed E-state index contributed by atoms with van der Waals surface area (Å²) in [5, 5.41) is 6.56. The molecule has 4 nitrogen and oxygen atoms in total. The Hall–Kier alpha value is -2.02. The Morgan fingerprint density at radius 3 is 2.57 bits per heavy atom. The van der Waals surface area contributed by atoms with Gasteiger partial charge in [-0.15, -0.1) is 0 Å². The Balaban J connectivity index is 1.99. The van der Waals surface area contributed by atoms with Gasteiger partial charge in [0.2, 0.25) is 0 Å². The average Bonchev–Trinajstić information content (AvgIpc) is 2.81. The van der Waals surface area contributed by atoms with Crippen molar-refractivity contribution in [2.45, 2.75) is 19.3 Å². The number of nitrogens with one attached hydrogen (secondary N) is 1. The molecular weight excluding hydrogens is 283 g/mol. The Bertz CT molecular complexity index is 608. The van der Waals surface area contributed by atoms with Crippen LogP contribution in [0.4, 0.5) is 13.2 Å². The van der Waals surface area contributed by atoms with Crippen LogP contribution in [0.1, 0.15) is 17.0 Å². The second-order valence-electron chi connectivity index (χ2n) is 4.56. The number of hydrogen-bond acceptors (Lipinski definition) is 3. The summed E-state index contributed by atoms with van der Waals surface area (Å²) in [6.07, 6.45) is -4.42. The Labute approximate surface area is 120 Å². The zero-order chi connectivity index (χ0) is 15.5. The van der Waals surface area contributed by atoms with Crippen LogP contribution >= 0.6 is 0 Å². The van der Waals surface area contributed by atoms with E-state index in [4.69, 9.17) is 4.74 Å². The number of nitrogens with zero attached hydrogens (tertiary/aromatic N) is 2. The van der Waals surface area contributed by atoms with Gasteiger partial charge in [0.25, 0.3) is 0 Å². The molecule has 2 rings (SSSR count). The molecule has 0 amide bonds. The summed E-state index contributed by atoms with van der Waals surface area (Å²) in [4.78, 5) is 0. The van der Waals surface area contributed by atoms with Gasteiger partial charge in [-0.05, 0) is 12.1 Å². The minimum atomic E-state index is -4.42. The number of benzene rings is 1. The first-order chi connectivity index (χ1) is 9.91. The topological polar surface area (TPSA) is 39.1 Å². The van der Waals surface area contributed by atoms with Crippen molar-refractivity contribution >= 4 is 0 Å². The largest absolute Gasteiger partial charge is 0.496 e. The number of aromatic nitrogens is 2. The van der Waals surface area contributed by atoms with Crippen molar-refractivity contribution in [1.29, 1.82) is 0 Å². The van der Waals surface area contributed by atoms with E-state index in [0.717, 1.165) is 17.4 Å². The summed E-state index contributed by atoms with van der Waals surface area (Å²) in [6, 6.07) is 8.53. The van der Waals surface area contributed by atoms with Gasteiger partial charge in [-0.25, -0.2) is 0 Å². The van der Waals surface area contributed by atoms with Gasteiger partial charge in [0.15, 0.2) is 5.69 Å². The summed E-state index contributed by atoms with van der Waals surface area (Å²) in [5.74, 6) is 0.742. The number of rotatable bonds is 5. The fourth-order valence-electron chi connectivity index (χ4n) is 1.98. The van der Waals surface area contributed by atoms with Crippen LogP contribution < -0.4 is 10.1 Å². The lowest BCUT2D eigenvalue weighted by atomic mass is 10.2. The lowest BCUT2D eigenvalue weighted by molar-refractivity contribution is -0.141. The maximum Gasteiger partial charge on any atom is 0.435 e. The van der Waals surface area contributed by atoms with Gasteiger partial charge in [0, 0.05) is 25.7 Å². The first kappa shape index (κ1) is 15.4. The molecule has 0 aliphatic carbocycles. The lowest BCUT2D eigenvalue weighted by Crippen LogP contribution is -2.15. The number of methoxy groups -OCH3 is 1. The van der Waals surface area contributed by atoms with Crippen molar-refractivity contribution in [1.82, 2.24) is 15.1 Å². The molecule has 1 aromatic carbocycles. The molecule has 1 heterocycles. The van der Waals surface area contributed by atoms with Crippen LogP contribution in [0.5, 0.6) is 5.75 Å². The van der Waals surface area contributed by atoms with Gasteiger partial charge in [0.1, 0.15) is 5.75 Å². The molecule has 0 bridgehead atoms. The Morgan fingerprint density at radius 2 is 1.95 bits per heavy atom. The van der Waals surface area contributed by atoms with Crippen LogP contribution in [0.3, 0.4) is 0 Å². The number of alkyl halides is 3. The molecule has 2 aromatic rings. The quantitative estimate of drug-likeness (QED) is 0.922. The highest BCUT2D eigenvalue weighted by atomic mass is 19.4. The SMILES string of the molecule is COc1ccccc1CNCc1cc(C(F)(F)F)nn1C. The van der Waals surface area contributed by atoms with E-state index >= 15 is 0 Å². The van der Waals surface area contributed by atoms with Gasteiger partial charge in [-0.3, -0.25) is 4.68 Å². The first-order valence-corrected chi connectivity index (χ1v) is 6.34. The molecule has 1 N–H and O–H groups in total. The molecule has 0 aliphatic rings. The maximum absolute atomic E-state index is 12.6. The number of halogens is 3. The molecule has 0 atom stereocenters. The Morgan fingerprint density at radius 1 is 1.24 bits per heavy atom. The third kappa shape index (κ3) is 3.75. The van der Waals surface area contributed by atoms with E-state index < -0.39 is 11.9 Å². The van der Waals surface area contributed by atoms with Crippen LogP contribution in [-0.4, -0.2) is 16.9 Å². The molecule has 0 fully saturated rings. The van der Waals surface area contributed by atoms with Crippen molar-refractivity contribution in [3.05, 3.63) is 47.3 Å². The third-order valence-electron chi connectivity index (χ3n) is 3.08.